The zero-order valence-corrected chi connectivity index (χ0v) is 14.8. The van der Waals surface area contributed by atoms with Crippen molar-refractivity contribution in [3.63, 3.8) is 0 Å². The van der Waals surface area contributed by atoms with Crippen LogP contribution in [0.2, 0.25) is 0 Å². The van der Waals surface area contributed by atoms with Gasteiger partial charge in [0.05, 0.1) is 0 Å². The summed E-state index contributed by atoms with van der Waals surface area (Å²) in [5, 5.41) is 0. The molecular formula is C18H13Br2FO. The molecule has 0 saturated carbocycles. The standard InChI is InChI=1S/C18H13Br2FO/c19-17-4-2-1-3-15(17)11-7-12(9-14(22)8-11)16-6-5-13(21)10-18(16)20/h1-6,8,10,12H,7,9H2. The molecule has 0 radical (unpaired) electrons. The Balaban J connectivity index is 1.96. The molecule has 1 nitrogen and oxygen atoms in total. The van der Waals surface area contributed by atoms with E-state index >= 15 is 0 Å². The summed E-state index contributed by atoms with van der Waals surface area (Å²) in [5.41, 5.74) is 3.04. The van der Waals surface area contributed by atoms with Crippen molar-refractivity contribution in [1.29, 1.82) is 0 Å². The first-order valence-corrected chi connectivity index (χ1v) is 8.56. The van der Waals surface area contributed by atoms with Gasteiger partial charge in [-0.05, 0) is 53.3 Å². The van der Waals surface area contributed by atoms with E-state index < -0.39 is 0 Å². The number of carbonyl (C=O) groups excluding carboxylic acids is 1. The maximum Gasteiger partial charge on any atom is 0.156 e. The number of allylic oxidation sites excluding steroid dienone is 2. The lowest BCUT2D eigenvalue weighted by Gasteiger charge is -2.24. The Kier molecular flexibility index (Phi) is 4.59. The van der Waals surface area contributed by atoms with Crippen LogP contribution in [-0.2, 0) is 4.79 Å². The van der Waals surface area contributed by atoms with Gasteiger partial charge < -0.3 is 0 Å². The molecule has 1 aliphatic carbocycles. The fourth-order valence-corrected chi connectivity index (χ4v) is 4.07. The molecule has 0 fully saturated rings. The fourth-order valence-electron chi connectivity index (χ4n) is 2.85. The van der Waals surface area contributed by atoms with Crippen molar-refractivity contribution in [2.45, 2.75) is 18.8 Å². The summed E-state index contributed by atoms with van der Waals surface area (Å²) in [5.74, 6) is -0.105. The molecule has 112 valence electrons. The molecule has 1 aliphatic rings. The first kappa shape index (κ1) is 15.6. The first-order chi connectivity index (χ1) is 10.5. The molecule has 0 heterocycles. The second-order valence-electron chi connectivity index (χ2n) is 5.39. The normalized spacial score (nSPS) is 18.2. The summed E-state index contributed by atoms with van der Waals surface area (Å²) in [4.78, 5) is 12.1. The lowest BCUT2D eigenvalue weighted by Crippen LogP contribution is -2.13. The van der Waals surface area contributed by atoms with Gasteiger partial charge in [-0.1, -0.05) is 56.1 Å². The van der Waals surface area contributed by atoms with Crippen LogP contribution in [-0.4, -0.2) is 5.78 Å². The second-order valence-corrected chi connectivity index (χ2v) is 7.10. The average Bonchev–Trinajstić information content (AvgIpc) is 2.47. The Morgan fingerprint density at radius 3 is 2.50 bits per heavy atom. The van der Waals surface area contributed by atoms with Crippen LogP contribution >= 0.6 is 31.9 Å². The summed E-state index contributed by atoms with van der Waals surface area (Å²) >= 11 is 6.95. The third kappa shape index (κ3) is 3.23. The number of ketones is 1. The van der Waals surface area contributed by atoms with E-state index in [1.54, 1.807) is 12.1 Å². The van der Waals surface area contributed by atoms with Crippen LogP contribution < -0.4 is 0 Å². The van der Waals surface area contributed by atoms with E-state index in [0.717, 1.165) is 32.1 Å². The molecule has 2 aromatic rings. The zero-order chi connectivity index (χ0) is 15.7. The Labute approximate surface area is 145 Å². The maximum atomic E-state index is 13.3. The second kappa shape index (κ2) is 6.47. The van der Waals surface area contributed by atoms with Gasteiger partial charge in [-0.25, -0.2) is 4.39 Å². The minimum atomic E-state index is -0.278. The number of rotatable bonds is 2. The smallest absolute Gasteiger partial charge is 0.156 e. The van der Waals surface area contributed by atoms with Crippen molar-refractivity contribution in [3.05, 3.63) is 74.4 Å². The van der Waals surface area contributed by atoms with Crippen LogP contribution in [0.4, 0.5) is 4.39 Å². The molecule has 2 aromatic carbocycles. The Morgan fingerprint density at radius 1 is 1.00 bits per heavy atom. The minimum Gasteiger partial charge on any atom is -0.295 e. The largest absolute Gasteiger partial charge is 0.295 e. The molecular weight excluding hydrogens is 411 g/mol. The Bertz CT molecular complexity index is 767. The molecule has 4 heteroatoms. The van der Waals surface area contributed by atoms with E-state index in [1.807, 2.05) is 24.3 Å². The lowest BCUT2D eigenvalue weighted by atomic mass is 9.81. The van der Waals surface area contributed by atoms with Gasteiger partial charge in [0.2, 0.25) is 0 Å². The molecule has 0 amide bonds. The van der Waals surface area contributed by atoms with Crippen LogP contribution in [0.1, 0.15) is 29.9 Å². The highest BCUT2D eigenvalue weighted by atomic mass is 79.9. The summed E-state index contributed by atoms with van der Waals surface area (Å²) < 4.78 is 15.0. The van der Waals surface area contributed by atoms with Gasteiger partial charge in [-0.3, -0.25) is 4.79 Å². The summed E-state index contributed by atoms with van der Waals surface area (Å²) in [6.07, 6.45) is 2.95. The van der Waals surface area contributed by atoms with E-state index in [9.17, 15) is 9.18 Å². The highest BCUT2D eigenvalue weighted by Crippen LogP contribution is 2.40. The molecule has 1 atom stereocenters. The van der Waals surface area contributed by atoms with E-state index in [1.165, 1.54) is 12.1 Å². The van der Waals surface area contributed by atoms with Crippen molar-refractivity contribution in [3.8, 4) is 0 Å². The number of hydrogen-bond donors (Lipinski definition) is 0. The molecule has 3 rings (SSSR count). The quantitative estimate of drug-likeness (QED) is 0.589. The van der Waals surface area contributed by atoms with Gasteiger partial charge in [0, 0.05) is 15.4 Å². The average molecular weight is 424 g/mol. The minimum absolute atomic E-state index is 0.0644. The van der Waals surface area contributed by atoms with Gasteiger partial charge in [0.1, 0.15) is 5.82 Å². The third-order valence-electron chi connectivity index (χ3n) is 3.87. The van der Waals surface area contributed by atoms with Gasteiger partial charge in [-0.15, -0.1) is 0 Å². The molecule has 0 saturated heterocycles. The van der Waals surface area contributed by atoms with Gasteiger partial charge in [0.25, 0.3) is 0 Å². The highest BCUT2D eigenvalue weighted by molar-refractivity contribution is 9.10. The van der Waals surface area contributed by atoms with Crippen LogP contribution in [0.15, 0.2) is 57.5 Å². The third-order valence-corrected chi connectivity index (χ3v) is 5.25. The molecule has 0 aromatic heterocycles. The number of halogens is 3. The van der Waals surface area contributed by atoms with Crippen LogP contribution in [0.3, 0.4) is 0 Å². The van der Waals surface area contributed by atoms with Gasteiger partial charge in [-0.2, -0.15) is 0 Å². The predicted molar refractivity (Wildman–Crippen MR) is 93.2 cm³/mol. The highest BCUT2D eigenvalue weighted by Gasteiger charge is 2.25. The summed E-state index contributed by atoms with van der Waals surface area (Å²) in [7, 11) is 0. The summed E-state index contributed by atoms with van der Waals surface area (Å²) in [6, 6.07) is 12.6. The van der Waals surface area contributed by atoms with Crippen molar-refractivity contribution >= 4 is 43.2 Å². The van der Waals surface area contributed by atoms with E-state index in [-0.39, 0.29) is 17.5 Å². The van der Waals surface area contributed by atoms with E-state index in [4.69, 9.17) is 0 Å². The molecule has 22 heavy (non-hydrogen) atoms. The van der Waals surface area contributed by atoms with Crippen molar-refractivity contribution < 1.29 is 9.18 Å². The van der Waals surface area contributed by atoms with Crippen LogP contribution in [0.5, 0.6) is 0 Å². The van der Waals surface area contributed by atoms with Gasteiger partial charge in [0.15, 0.2) is 5.78 Å². The Hall–Kier alpha value is -1.26. The lowest BCUT2D eigenvalue weighted by molar-refractivity contribution is -0.115. The van der Waals surface area contributed by atoms with E-state index in [0.29, 0.717) is 6.42 Å². The van der Waals surface area contributed by atoms with Crippen LogP contribution in [0, 0.1) is 5.82 Å². The van der Waals surface area contributed by atoms with Crippen LogP contribution in [0.25, 0.3) is 5.57 Å². The molecule has 0 spiro atoms. The topological polar surface area (TPSA) is 17.1 Å². The van der Waals surface area contributed by atoms with Crippen molar-refractivity contribution in [1.82, 2.24) is 0 Å². The van der Waals surface area contributed by atoms with Gasteiger partial charge >= 0.3 is 0 Å². The zero-order valence-electron chi connectivity index (χ0n) is 11.7. The monoisotopic (exact) mass is 422 g/mol. The van der Waals surface area contributed by atoms with Crippen molar-refractivity contribution in [2.75, 3.05) is 0 Å². The fraction of sp³-hybridized carbons (Fsp3) is 0.167. The molecule has 0 N–H and O–H groups in total. The summed E-state index contributed by atoms with van der Waals surface area (Å²) in [6.45, 7) is 0. The molecule has 0 bridgehead atoms. The Morgan fingerprint density at radius 2 is 1.77 bits per heavy atom. The predicted octanol–water partition coefficient (Wildman–Crippen LogP) is 5.88. The maximum absolute atomic E-state index is 13.3. The van der Waals surface area contributed by atoms with E-state index in [2.05, 4.69) is 31.9 Å². The first-order valence-electron chi connectivity index (χ1n) is 6.98. The number of benzene rings is 2. The number of carbonyl (C=O) groups is 1. The van der Waals surface area contributed by atoms with Crippen molar-refractivity contribution in [2.24, 2.45) is 0 Å². The SMILES string of the molecule is O=C1C=C(c2ccccc2Br)CC(c2ccc(F)cc2Br)C1. The molecule has 1 unspecified atom stereocenters. The molecule has 0 aliphatic heterocycles. The number of hydrogen-bond acceptors (Lipinski definition) is 1.